The Balaban J connectivity index is 2.17. The van der Waals surface area contributed by atoms with Crippen molar-refractivity contribution in [2.24, 2.45) is 0 Å². The fraction of sp³-hybridized carbons (Fsp3) is 0.333. The Morgan fingerprint density at radius 3 is 2.48 bits per heavy atom. The number of nitrogens with one attached hydrogen (secondary N) is 1. The van der Waals surface area contributed by atoms with Gasteiger partial charge in [-0.1, -0.05) is 54.0 Å². The topological polar surface area (TPSA) is 21.3 Å². The lowest BCUT2D eigenvalue weighted by molar-refractivity contribution is 0.300. The molecule has 0 heterocycles. The van der Waals surface area contributed by atoms with Gasteiger partial charge in [0.25, 0.3) is 0 Å². The first-order valence-corrected chi connectivity index (χ1v) is 8.04. The first-order valence-electron chi connectivity index (χ1n) is 7.25. The van der Waals surface area contributed by atoms with E-state index >= 15 is 0 Å². The number of hydrogen-bond acceptors (Lipinski definition) is 2. The third-order valence-corrected chi connectivity index (χ3v) is 3.96. The van der Waals surface area contributed by atoms with Gasteiger partial charge in [0.2, 0.25) is 0 Å². The van der Waals surface area contributed by atoms with Crippen molar-refractivity contribution >= 4 is 15.9 Å². The molecule has 0 fully saturated rings. The molecule has 2 aromatic carbocycles. The third kappa shape index (κ3) is 4.32. The Morgan fingerprint density at radius 2 is 1.81 bits per heavy atom. The van der Waals surface area contributed by atoms with Crippen LogP contribution in [0, 0.1) is 0 Å². The van der Waals surface area contributed by atoms with Crippen molar-refractivity contribution in [3.05, 3.63) is 63.6 Å². The molecule has 0 amide bonds. The van der Waals surface area contributed by atoms with E-state index in [1.807, 2.05) is 19.2 Å². The van der Waals surface area contributed by atoms with Crippen LogP contribution in [0.4, 0.5) is 0 Å². The van der Waals surface area contributed by atoms with Crippen LogP contribution < -0.4 is 10.1 Å². The molecule has 112 valence electrons. The monoisotopic (exact) mass is 347 g/mol. The highest BCUT2D eigenvalue weighted by Crippen LogP contribution is 2.30. The molecule has 0 spiro atoms. The molecule has 2 nitrogen and oxygen atoms in total. The van der Waals surface area contributed by atoms with E-state index in [9.17, 15) is 0 Å². The summed E-state index contributed by atoms with van der Waals surface area (Å²) in [7, 11) is 1.96. The minimum atomic E-state index is 0.435. The second kappa shape index (κ2) is 7.62. The van der Waals surface area contributed by atoms with Gasteiger partial charge in [0, 0.05) is 11.0 Å². The molecule has 21 heavy (non-hydrogen) atoms. The Hall–Kier alpha value is -1.32. The van der Waals surface area contributed by atoms with Gasteiger partial charge in [-0.3, -0.25) is 0 Å². The van der Waals surface area contributed by atoms with Crippen LogP contribution in [0.1, 0.15) is 36.5 Å². The Bertz CT molecular complexity index is 596. The van der Waals surface area contributed by atoms with Crippen LogP contribution in [0.2, 0.25) is 0 Å². The molecule has 0 bridgehead atoms. The molecule has 0 aromatic heterocycles. The molecular formula is C18H22BrNO. The fourth-order valence-electron chi connectivity index (χ4n) is 2.32. The lowest BCUT2D eigenvalue weighted by Gasteiger charge is -2.16. The summed E-state index contributed by atoms with van der Waals surface area (Å²) in [5, 5.41) is 3.20. The summed E-state index contributed by atoms with van der Waals surface area (Å²) < 4.78 is 7.17. The van der Waals surface area contributed by atoms with Crippen molar-refractivity contribution < 1.29 is 4.74 Å². The van der Waals surface area contributed by atoms with Gasteiger partial charge in [-0.05, 0) is 47.9 Å². The fourth-order valence-corrected chi connectivity index (χ4v) is 2.70. The molecule has 2 aromatic rings. The molecule has 0 aliphatic heterocycles. The van der Waals surface area contributed by atoms with Gasteiger partial charge in [-0.25, -0.2) is 0 Å². The molecule has 0 atom stereocenters. The van der Waals surface area contributed by atoms with Gasteiger partial charge in [0.05, 0.1) is 0 Å². The van der Waals surface area contributed by atoms with Crippen LogP contribution in [0.15, 0.2) is 46.9 Å². The third-order valence-electron chi connectivity index (χ3n) is 3.46. The highest BCUT2D eigenvalue weighted by molar-refractivity contribution is 9.10. The first-order chi connectivity index (χ1) is 10.1. The van der Waals surface area contributed by atoms with E-state index in [0.717, 1.165) is 16.8 Å². The summed E-state index contributed by atoms with van der Waals surface area (Å²) >= 11 is 3.53. The van der Waals surface area contributed by atoms with Gasteiger partial charge in [-0.15, -0.1) is 0 Å². The van der Waals surface area contributed by atoms with Crippen LogP contribution in [-0.2, 0) is 13.2 Å². The molecule has 0 aliphatic rings. The van der Waals surface area contributed by atoms with Crippen LogP contribution in [0.25, 0.3) is 0 Å². The smallest absolute Gasteiger partial charge is 0.123 e. The van der Waals surface area contributed by atoms with Gasteiger partial charge in [0.15, 0.2) is 0 Å². The molecule has 2 rings (SSSR count). The van der Waals surface area contributed by atoms with Crippen LogP contribution in [0.3, 0.4) is 0 Å². The summed E-state index contributed by atoms with van der Waals surface area (Å²) in [4.78, 5) is 0. The average molecular weight is 348 g/mol. The normalized spacial score (nSPS) is 10.9. The number of hydrogen-bond donors (Lipinski definition) is 1. The molecule has 1 N–H and O–H groups in total. The number of benzene rings is 2. The number of ether oxygens (including phenoxy) is 1. The van der Waals surface area contributed by atoms with E-state index in [1.165, 1.54) is 16.7 Å². The SMILES string of the molecule is CNCc1ccccc1COc1ccc(Br)cc1C(C)C. The van der Waals surface area contributed by atoms with Crippen molar-refractivity contribution in [2.45, 2.75) is 32.9 Å². The zero-order valence-electron chi connectivity index (χ0n) is 12.8. The Kier molecular flexibility index (Phi) is 5.83. The Morgan fingerprint density at radius 1 is 1.10 bits per heavy atom. The van der Waals surface area contributed by atoms with Gasteiger partial charge in [-0.2, -0.15) is 0 Å². The minimum absolute atomic E-state index is 0.435. The van der Waals surface area contributed by atoms with Crippen LogP contribution >= 0.6 is 15.9 Å². The van der Waals surface area contributed by atoms with E-state index in [1.54, 1.807) is 0 Å². The van der Waals surface area contributed by atoms with Gasteiger partial charge >= 0.3 is 0 Å². The lowest BCUT2D eigenvalue weighted by atomic mass is 10.0. The van der Waals surface area contributed by atoms with Crippen LogP contribution in [-0.4, -0.2) is 7.05 Å². The van der Waals surface area contributed by atoms with Gasteiger partial charge < -0.3 is 10.1 Å². The largest absolute Gasteiger partial charge is 0.489 e. The summed E-state index contributed by atoms with van der Waals surface area (Å²) in [5.41, 5.74) is 3.74. The van der Waals surface area contributed by atoms with Crippen molar-refractivity contribution in [3.8, 4) is 5.75 Å². The van der Waals surface area contributed by atoms with Crippen molar-refractivity contribution in [2.75, 3.05) is 7.05 Å². The lowest BCUT2D eigenvalue weighted by Crippen LogP contribution is -2.09. The quantitative estimate of drug-likeness (QED) is 0.804. The predicted molar refractivity (Wildman–Crippen MR) is 91.8 cm³/mol. The van der Waals surface area contributed by atoms with Crippen LogP contribution in [0.5, 0.6) is 5.75 Å². The Labute approximate surface area is 135 Å². The van der Waals surface area contributed by atoms with E-state index in [0.29, 0.717) is 12.5 Å². The molecule has 0 aliphatic carbocycles. The summed E-state index contributed by atoms with van der Waals surface area (Å²) in [5.74, 6) is 1.40. The van der Waals surface area contributed by atoms with Gasteiger partial charge in [0.1, 0.15) is 12.4 Å². The maximum Gasteiger partial charge on any atom is 0.123 e. The second-order valence-electron chi connectivity index (χ2n) is 5.42. The highest BCUT2D eigenvalue weighted by Gasteiger charge is 2.09. The van der Waals surface area contributed by atoms with E-state index in [4.69, 9.17) is 4.74 Å². The van der Waals surface area contributed by atoms with Crippen molar-refractivity contribution in [1.82, 2.24) is 5.32 Å². The van der Waals surface area contributed by atoms with E-state index < -0.39 is 0 Å². The van der Waals surface area contributed by atoms with E-state index in [-0.39, 0.29) is 0 Å². The summed E-state index contributed by atoms with van der Waals surface area (Å²) in [6, 6.07) is 14.6. The van der Waals surface area contributed by atoms with E-state index in [2.05, 4.69) is 65.4 Å². The minimum Gasteiger partial charge on any atom is -0.489 e. The predicted octanol–water partition coefficient (Wildman–Crippen LogP) is 4.87. The molecule has 0 saturated heterocycles. The molecule has 0 radical (unpaired) electrons. The molecule has 0 unspecified atom stereocenters. The molecule has 3 heteroatoms. The number of rotatable bonds is 6. The summed E-state index contributed by atoms with van der Waals surface area (Å²) in [6.45, 7) is 5.82. The zero-order chi connectivity index (χ0) is 15.2. The number of halogens is 1. The average Bonchev–Trinajstić information content (AvgIpc) is 2.47. The second-order valence-corrected chi connectivity index (χ2v) is 6.34. The summed E-state index contributed by atoms with van der Waals surface area (Å²) in [6.07, 6.45) is 0. The molecule has 0 saturated carbocycles. The maximum absolute atomic E-state index is 6.08. The standard InChI is InChI=1S/C18H22BrNO/c1-13(2)17-10-16(19)8-9-18(17)21-12-15-7-5-4-6-14(15)11-20-3/h4-10,13,20H,11-12H2,1-3H3. The van der Waals surface area contributed by atoms with Crippen molar-refractivity contribution in [3.63, 3.8) is 0 Å². The maximum atomic E-state index is 6.08. The highest BCUT2D eigenvalue weighted by atomic mass is 79.9. The molecular weight excluding hydrogens is 326 g/mol. The first kappa shape index (κ1) is 16.1. The van der Waals surface area contributed by atoms with Crippen molar-refractivity contribution in [1.29, 1.82) is 0 Å². The zero-order valence-corrected chi connectivity index (χ0v) is 14.4.